The number of nitrogens with zero attached hydrogens (tertiary/aromatic N) is 3. The number of aromatic nitrogens is 1. The molecule has 1 aromatic heterocycles. The zero-order valence-corrected chi connectivity index (χ0v) is 8.85. The third-order valence-corrected chi connectivity index (χ3v) is 2.73. The molecule has 0 bridgehead atoms. The van der Waals surface area contributed by atoms with Gasteiger partial charge in [-0.2, -0.15) is 5.01 Å². The van der Waals surface area contributed by atoms with Crippen molar-refractivity contribution in [3.63, 3.8) is 0 Å². The highest BCUT2D eigenvalue weighted by Crippen LogP contribution is 2.49. The Labute approximate surface area is 96.4 Å². The molecule has 0 N–H and O–H groups in total. The van der Waals surface area contributed by atoms with Gasteiger partial charge in [-0.05, 0) is 35.4 Å². The summed E-state index contributed by atoms with van der Waals surface area (Å²) < 4.78 is 0. The number of benzene rings is 1. The van der Waals surface area contributed by atoms with E-state index >= 15 is 0 Å². The molecule has 2 heterocycles. The summed E-state index contributed by atoms with van der Waals surface area (Å²) in [7, 11) is 0. The Kier molecular flexibility index (Phi) is 1.91. The van der Waals surface area contributed by atoms with Crippen molar-refractivity contribution in [2.24, 2.45) is 5.29 Å². The van der Waals surface area contributed by atoms with Crippen LogP contribution >= 0.6 is 11.6 Å². The van der Waals surface area contributed by atoms with Crippen molar-refractivity contribution in [3.8, 4) is 11.1 Å². The maximum Gasteiger partial charge on any atom is 0.129 e. The van der Waals surface area contributed by atoms with Crippen LogP contribution in [0.25, 0.3) is 11.1 Å². The average molecular weight is 232 g/mol. The molecular formula is C11H6ClN3O. The number of pyridine rings is 1. The fraction of sp³-hybridized carbons (Fsp3) is 0. The molecule has 16 heavy (non-hydrogen) atoms. The van der Waals surface area contributed by atoms with Crippen LogP contribution in [0.5, 0.6) is 0 Å². The molecule has 0 amide bonds. The smallest absolute Gasteiger partial charge is 0.129 e. The van der Waals surface area contributed by atoms with Crippen LogP contribution in [0.15, 0.2) is 41.8 Å². The minimum Gasteiger partial charge on any atom is -0.245 e. The largest absolute Gasteiger partial charge is 0.245 e. The summed E-state index contributed by atoms with van der Waals surface area (Å²) >= 11 is 5.81. The van der Waals surface area contributed by atoms with Gasteiger partial charge in [-0.25, -0.2) is 4.98 Å². The van der Waals surface area contributed by atoms with Crippen LogP contribution in [0.1, 0.15) is 0 Å². The van der Waals surface area contributed by atoms with E-state index in [4.69, 9.17) is 11.6 Å². The molecule has 1 aliphatic heterocycles. The number of rotatable bonds is 2. The first-order valence-electron chi connectivity index (χ1n) is 4.69. The number of anilines is 2. The van der Waals surface area contributed by atoms with Crippen molar-refractivity contribution < 1.29 is 0 Å². The SMILES string of the molecule is O=NN1c2ccc(-c3ccnc(Cl)c3)cc21. The lowest BCUT2D eigenvalue weighted by Crippen LogP contribution is -1.80. The van der Waals surface area contributed by atoms with E-state index in [0.29, 0.717) is 5.15 Å². The molecular weight excluding hydrogens is 226 g/mol. The molecule has 2 aromatic rings. The van der Waals surface area contributed by atoms with Crippen molar-refractivity contribution in [2.75, 3.05) is 5.01 Å². The predicted octanol–water partition coefficient (Wildman–Crippen LogP) is 3.53. The molecule has 1 aliphatic rings. The second-order valence-corrected chi connectivity index (χ2v) is 3.85. The zero-order chi connectivity index (χ0) is 11.1. The maximum absolute atomic E-state index is 10.4. The quantitative estimate of drug-likeness (QED) is 0.451. The average Bonchev–Trinajstić information content (AvgIpc) is 3.01. The second kappa shape index (κ2) is 3.28. The van der Waals surface area contributed by atoms with Crippen LogP contribution in [0, 0.1) is 4.91 Å². The molecule has 0 saturated heterocycles. The summed E-state index contributed by atoms with van der Waals surface area (Å²) in [6.07, 6.45) is 1.65. The number of fused-ring (bicyclic) bond motifs is 1. The van der Waals surface area contributed by atoms with Crippen molar-refractivity contribution in [1.29, 1.82) is 0 Å². The summed E-state index contributed by atoms with van der Waals surface area (Å²) in [5, 5.41) is 4.67. The van der Waals surface area contributed by atoms with E-state index in [9.17, 15) is 4.91 Å². The van der Waals surface area contributed by atoms with Crippen molar-refractivity contribution in [2.45, 2.75) is 0 Å². The van der Waals surface area contributed by atoms with Gasteiger partial charge in [0, 0.05) is 6.20 Å². The number of nitroso groups, excluding NO2 is 1. The lowest BCUT2D eigenvalue weighted by molar-refractivity contribution is 1.21. The predicted molar refractivity (Wildman–Crippen MR) is 62.6 cm³/mol. The first kappa shape index (κ1) is 9.30. The molecule has 0 radical (unpaired) electrons. The fourth-order valence-electron chi connectivity index (χ4n) is 1.69. The van der Waals surface area contributed by atoms with Gasteiger partial charge in [0.2, 0.25) is 0 Å². The summed E-state index contributed by atoms with van der Waals surface area (Å²) in [4.78, 5) is 14.3. The Balaban J connectivity index is 2.04. The molecule has 3 rings (SSSR count). The molecule has 0 fully saturated rings. The van der Waals surface area contributed by atoms with E-state index < -0.39 is 0 Å². The Morgan fingerprint density at radius 2 is 1.94 bits per heavy atom. The van der Waals surface area contributed by atoms with Gasteiger partial charge in [-0.1, -0.05) is 17.7 Å². The van der Waals surface area contributed by atoms with Crippen LogP contribution < -0.4 is 5.01 Å². The van der Waals surface area contributed by atoms with Crippen LogP contribution in [0.3, 0.4) is 0 Å². The van der Waals surface area contributed by atoms with Crippen LogP contribution in [-0.2, 0) is 0 Å². The first-order chi connectivity index (χ1) is 7.79. The third-order valence-electron chi connectivity index (χ3n) is 2.52. The first-order valence-corrected chi connectivity index (χ1v) is 5.07. The highest BCUT2D eigenvalue weighted by molar-refractivity contribution is 6.29. The van der Waals surface area contributed by atoms with Gasteiger partial charge in [-0.15, -0.1) is 4.91 Å². The molecule has 0 aliphatic carbocycles. The van der Waals surface area contributed by atoms with Gasteiger partial charge < -0.3 is 0 Å². The molecule has 0 unspecified atom stereocenters. The molecule has 4 nitrogen and oxygen atoms in total. The minimum absolute atomic E-state index is 0.452. The van der Waals surface area contributed by atoms with Crippen molar-refractivity contribution in [3.05, 3.63) is 46.6 Å². The van der Waals surface area contributed by atoms with E-state index in [-0.39, 0.29) is 0 Å². The van der Waals surface area contributed by atoms with Crippen LogP contribution in [-0.4, -0.2) is 4.98 Å². The highest BCUT2D eigenvalue weighted by atomic mass is 35.5. The molecule has 1 aromatic carbocycles. The number of halogens is 1. The molecule has 0 spiro atoms. The van der Waals surface area contributed by atoms with Gasteiger partial charge >= 0.3 is 0 Å². The molecule has 0 atom stereocenters. The Bertz CT molecular complexity index is 585. The summed E-state index contributed by atoms with van der Waals surface area (Å²) in [6, 6.07) is 9.34. The Morgan fingerprint density at radius 1 is 1.12 bits per heavy atom. The van der Waals surface area contributed by atoms with Crippen LogP contribution in [0.2, 0.25) is 5.15 Å². The standard InChI is InChI=1S/C11H6ClN3O/c12-11-6-8(3-4-13-11)7-1-2-9-10(5-7)15(9)14-16/h1-6H. The summed E-state index contributed by atoms with van der Waals surface area (Å²) in [5.74, 6) is 0. The van der Waals surface area contributed by atoms with E-state index in [2.05, 4.69) is 10.3 Å². The maximum atomic E-state index is 10.4. The van der Waals surface area contributed by atoms with Crippen molar-refractivity contribution >= 4 is 23.0 Å². The van der Waals surface area contributed by atoms with E-state index in [1.54, 1.807) is 12.3 Å². The summed E-state index contributed by atoms with van der Waals surface area (Å²) in [6.45, 7) is 0. The topological polar surface area (TPSA) is 45.3 Å². The van der Waals surface area contributed by atoms with E-state index in [1.807, 2.05) is 24.3 Å². The third kappa shape index (κ3) is 1.35. The Morgan fingerprint density at radius 3 is 2.69 bits per heavy atom. The lowest BCUT2D eigenvalue weighted by atomic mass is 10.1. The highest BCUT2D eigenvalue weighted by Gasteiger charge is 2.30. The zero-order valence-electron chi connectivity index (χ0n) is 8.09. The van der Waals surface area contributed by atoms with Gasteiger partial charge in [-0.3, -0.25) is 0 Å². The monoisotopic (exact) mass is 231 g/mol. The molecule has 78 valence electrons. The van der Waals surface area contributed by atoms with E-state index in [0.717, 1.165) is 22.5 Å². The lowest BCUT2D eigenvalue weighted by Gasteiger charge is -1.99. The minimum atomic E-state index is 0.452. The van der Waals surface area contributed by atoms with E-state index in [1.165, 1.54) is 5.01 Å². The van der Waals surface area contributed by atoms with Crippen molar-refractivity contribution in [1.82, 2.24) is 4.98 Å². The molecule has 0 saturated carbocycles. The normalized spacial score (nSPS) is 12.2. The molecule has 5 heteroatoms. The van der Waals surface area contributed by atoms with Gasteiger partial charge in [0.25, 0.3) is 0 Å². The number of hydrogen-bond donors (Lipinski definition) is 0. The second-order valence-electron chi connectivity index (χ2n) is 3.46. The fourth-order valence-corrected chi connectivity index (χ4v) is 1.86. The van der Waals surface area contributed by atoms with Gasteiger partial charge in [0.15, 0.2) is 0 Å². The van der Waals surface area contributed by atoms with Gasteiger partial charge in [0.1, 0.15) is 5.15 Å². The van der Waals surface area contributed by atoms with Gasteiger partial charge in [0.05, 0.1) is 16.7 Å². The Hall–Kier alpha value is -1.94. The number of hydrogen-bond acceptors (Lipinski definition) is 3. The summed E-state index contributed by atoms with van der Waals surface area (Å²) in [5.41, 5.74) is 3.68. The van der Waals surface area contributed by atoms with Crippen LogP contribution in [0.4, 0.5) is 11.4 Å².